The molecule has 2 rings (SSSR count). The number of hydrogen-bond donors (Lipinski definition) is 0. The van der Waals surface area contributed by atoms with E-state index in [1.807, 2.05) is 20.8 Å². The summed E-state index contributed by atoms with van der Waals surface area (Å²) in [6.07, 6.45) is 4.79. The van der Waals surface area contributed by atoms with Crippen molar-refractivity contribution in [2.75, 3.05) is 38.2 Å². The van der Waals surface area contributed by atoms with Crippen molar-refractivity contribution in [1.29, 1.82) is 0 Å². The van der Waals surface area contributed by atoms with Gasteiger partial charge in [0.2, 0.25) is 0 Å². The highest BCUT2D eigenvalue weighted by molar-refractivity contribution is 9.09. The van der Waals surface area contributed by atoms with Crippen LogP contribution >= 0.6 is 15.9 Å². The maximum absolute atomic E-state index is 12.1. The summed E-state index contributed by atoms with van der Waals surface area (Å²) in [7, 11) is 0. The Morgan fingerprint density at radius 1 is 1.17 bits per heavy atom. The number of carbonyl (C=O) groups excluding carboxylic acids is 1. The van der Waals surface area contributed by atoms with Gasteiger partial charge in [-0.25, -0.2) is 4.79 Å². The van der Waals surface area contributed by atoms with Crippen LogP contribution in [-0.4, -0.2) is 60.9 Å². The van der Waals surface area contributed by atoms with E-state index in [9.17, 15) is 4.79 Å². The Hall–Kier alpha value is -0.330. The third kappa shape index (κ3) is 6.89. The quantitative estimate of drug-likeness (QED) is 0.651. The second kappa shape index (κ2) is 9.39. The van der Waals surface area contributed by atoms with Gasteiger partial charge in [-0.15, -0.1) is 0 Å². The van der Waals surface area contributed by atoms with E-state index < -0.39 is 5.60 Å². The van der Waals surface area contributed by atoms with Crippen molar-refractivity contribution in [2.45, 2.75) is 58.2 Å². The van der Waals surface area contributed by atoms with Crippen molar-refractivity contribution < 1.29 is 19.0 Å². The minimum absolute atomic E-state index is 0.0508. The Balaban J connectivity index is 1.65. The standard InChI is InChI=1S/C18H32BrNO4/c1-18(2,3)24-17(21)20-8-9-23-16(11-20)13-22-12-15-6-4-14(10-19)5-7-15/h14-16H,4-13H2,1-3H3/t14?,15?,16-/m1/s1. The zero-order valence-electron chi connectivity index (χ0n) is 15.3. The van der Waals surface area contributed by atoms with Gasteiger partial charge < -0.3 is 19.1 Å². The Morgan fingerprint density at radius 2 is 1.83 bits per heavy atom. The summed E-state index contributed by atoms with van der Waals surface area (Å²) < 4.78 is 17.1. The molecule has 5 nitrogen and oxygen atoms in total. The molecule has 2 fully saturated rings. The van der Waals surface area contributed by atoms with Crippen LogP contribution in [0.15, 0.2) is 0 Å². The Morgan fingerprint density at radius 3 is 2.46 bits per heavy atom. The first-order chi connectivity index (χ1) is 11.4. The fourth-order valence-corrected chi connectivity index (χ4v) is 3.88. The van der Waals surface area contributed by atoms with Crippen LogP contribution in [-0.2, 0) is 14.2 Å². The number of halogens is 1. The van der Waals surface area contributed by atoms with E-state index in [2.05, 4.69) is 15.9 Å². The van der Waals surface area contributed by atoms with E-state index in [4.69, 9.17) is 14.2 Å². The molecule has 0 bridgehead atoms. The van der Waals surface area contributed by atoms with Crippen LogP contribution in [0.3, 0.4) is 0 Å². The molecule has 0 aromatic rings. The predicted molar refractivity (Wildman–Crippen MR) is 97.6 cm³/mol. The molecule has 0 aromatic heterocycles. The Labute approximate surface area is 154 Å². The molecule has 1 heterocycles. The van der Waals surface area contributed by atoms with E-state index in [-0.39, 0.29) is 12.2 Å². The summed E-state index contributed by atoms with van der Waals surface area (Å²) in [5.74, 6) is 1.51. The van der Waals surface area contributed by atoms with Gasteiger partial charge in [-0.3, -0.25) is 0 Å². The summed E-state index contributed by atoms with van der Waals surface area (Å²) >= 11 is 3.58. The van der Waals surface area contributed by atoms with Crippen molar-refractivity contribution >= 4 is 22.0 Å². The maximum Gasteiger partial charge on any atom is 0.410 e. The molecule has 24 heavy (non-hydrogen) atoms. The van der Waals surface area contributed by atoms with Crippen molar-refractivity contribution in [3.8, 4) is 0 Å². The smallest absolute Gasteiger partial charge is 0.410 e. The molecule has 0 radical (unpaired) electrons. The van der Waals surface area contributed by atoms with Crippen LogP contribution in [0.2, 0.25) is 0 Å². The van der Waals surface area contributed by atoms with Crippen LogP contribution < -0.4 is 0 Å². The summed E-state index contributed by atoms with van der Waals surface area (Å²) in [4.78, 5) is 13.9. The minimum atomic E-state index is -0.463. The highest BCUT2D eigenvalue weighted by Gasteiger charge is 2.28. The van der Waals surface area contributed by atoms with E-state index in [1.165, 1.54) is 25.7 Å². The molecule has 1 amide bonds. The number of morpholine rings is 1. The fourth-order valence-electron chi connectivity index (χ4n) is 3.23. The van der Waals surface area contributed by atoms with Gasteiger partial charge in [0, 0.05) is 18.5 Å². The first kappa shape index (κ1) is 20.0. The number of rotatable bonds is 5. The van der Waals surface area contributed by atoms with Crippen molar-refractivity contribution in [1.82, 2.24) is 4.90 Å². The first-order valence-corrected chi connectivity index (χ1v) is 10.2. The van der Waals surface area contributed by atoms with Crippen molar-refractivity contribution in [2.24, 2.45) is 11.8 Å². The topological polar surface area (TPSA) is 48.0 Å². The number of amides is 1. The molecular weight excluding hydrogens is 374 g/mol. The lowest BCUT2D eigenvalue weighted by Crippen LogP contribution is -2.48. The highest BCUT2D eigenvalue weighted by atomic mass is 79.9. The number of ether oxygens (including phenoxy) is 3. The van der Waals surface area contributed by atoms with Gasteiger partial charge in [-0.05, 0) is 58.3 Å². The Bertz CT molecular complexity index is 391. The minimum Gasteiger partial charge on any atom is -0.444 e. The van der Waals surface area contributed by atoms with Crippen LogP contribution in [0, 0.1) is 11.8 Å². The lowest BCUT2D eigenvalue weighted by Gasteiger charge is -2.34. The maximum atomic E-state index is 12.1. The van der Waals surface area contributed by atoms with Gasteiger partial charge in [0.05, 0.1) is 25.9 Å². The molecule has 1 atom stereocenters. The molecule has 0 spiro atoms. The average molecular weight is 406 g/mol. The molecule has 1 saturated heterocycles. The summed E-state index contributed by atoms with van der Waals surface area (Å²) in [6.45, 7) is 8.69. The molecule has 2 aliphatic rings. The molecule has 1 aliphatic heterocycles. The number of nitrogens with zero attached hydrogens (tertiary/aromatic N) is 1. The largest absolute Gasteiger partial charge is 0.444 e. The molecule has 0 unspecified atom stereocenters. The fraction of sp³-hybridized carbons (Fsp3) is 0.944. The molecule has 0 N–H and O–H groups in total. The molecule has 1 saturated carbocycles. The zero-order valence-corrected chi connectivity index (χ0v) is 16.8. The van der Waals surface area contributed by atoms with E-state index >= 15 is 0 Å². The van der Waals surface area contributed by atoms with E-state index in [0.717, 1.165) is 17.9 Å². The van der Waals surface area contributed by atoms with Gasteiger partial charge in [-0.1, -0.05) is 15.9 Å². The van der Waals surface area contributed by atoms with Gasteiger partial charge in [-0.2, -0.15) is 0 Å². The lowest BCUT2D eigenvalue weighted by molar-refractivity contribution is -0.0773. The van der Waals surface area contributed by atoms with Gasteiger partial charge in [0.25, 0.3) is 0 Å². The van der Waals surface area contributed by atoms with Gasteiger partial charge >= 0.3 is 6.09 Å². The van der Waals surface area contributed by atoms with E-state index in [1.54, 1.807) is 4.90 Å². The highest BCUT2D eigenvalue weighted by Crippen LogP contribution is 2.30. The summed E-state index contributed by atoms with van der Waals surface area (Å²) in [6, 6.07) is 0. The van der Waals surface area contributed by atoms with Crippen molar-refractivity contribution in [3.63, 3.8) is 0 Å². The lowest BCUT2D eigenvalue weighted by atomic mass is 9.83. The van der Waals surface area contributed by atoms with Gasteiger partial charge in [0.1, 0.15) is 5.60 Å². The number of hydrogen-bond acceptors (Lipinski definition) is 4. The first-order valence-electron chi connectivity index (χ1n) is 9.10. The van der Waals surface area contributed by atoms with Crippen molar-refractivity contribution in [3.05, 3.63) is 0 Å². The molecular formula is C18H32BrNO4. The molecule has 0 aromatic carbocycles. The molecule has 1 aliphatic carbocycles. The molecule has 6 heteroatoms. The van der Waals surface area contributed by atoms with E-state index in [0.29, 0.717) is 32.2 Å². The number of alkyl halides is 1. The average Bonchev–Trinajstić information content (AvgIpc) is 2.54. The second-order valence-corrected chi connectivity index (χ2v) is 8.65. The van der Waals surface area contributed by atoms with Gasteiger partial charge in [0.15, 0.2) is 0 Å². The monoisotopic (exact) mass is 405 g/mol. The normalized spacial score (nSPS) is 28.7. The second-order valence-electron chi connectivity index (χ2n) is 8.00. The van der Waals surface area contributed by atoms with Crippen LogP contribution in [0.1, 0.15) is 46.5 Å². The SMILES string of the molecule is CC(C)(C)OC(=O)N1CCO[C@@H](COCC2CCC(CBr)CC2)C1. The predicted octanol–water partition coefficient (Wildman–Crippen LogP) is 3.84. The van der Waals surface area contributed by atoms with Crippen LogP contribution in [0.5, 0.6) is 0 Å². The van der Waals surface area contributed by atoms with Crippen LogP contribution in [0.25, 0.3) is 0 Å². The number of carbonyl (C=O) groups is 1. The zero-order chi connectivity index (χ0) is 17.6. The summed E-state index contributed by atoms with van der Waals surface area (Å²) in [5, 5.41) is 1.12. The van der Waals surface area contributed by atoms with Crippen LogP contribution in [0.4, 0.5) is 4.79 Å². The Kier molecular flexibility index (Phi) is 7.82. The summed E-state index contributed by atoms with van der Waals surface area (Å²) in [5.41, 5.74) is -0.463. The molecule has 140 valence electrons. The third-order valence-corrected chi connectivity index (χ3v) is 5.55. The third-order valence-electron chi connectivity index (χ3n) is 4.63.